The molecule has 0 fully saturated rings. The zero-order valence-corrected chi connectivity index (χ0v) is 17.4. The molecule has 0 bridgehead atoms. The van der Waals surface area contributed by atoms with Crippen LogP contribution in [0.25, 0.3) is 11.1 Å². The highest BCUT2D eigenvalue weighted by Gasteiger charge is 2.14. The third kappa shape index (κ3) is 6.24. The molecule has 0 aliphatic heterocycles. The van der Waals surface area contributed by atoms with Gasteiger partial charge in [0.15, 0.2) is 0 Å². The molecule has 3 N–H and O–H groups in total. The van der Waals surface area contributed by atoms with E-state index in [0.29, 0.717) is 26.4 Å². The van der Waals surface area contributed by atoms with Crippen molar-refractivity contribution >= 4 is 5.91 Å². The second-order valence-corrected chi connectivity index (χ2v) is 6.92. The Kier molecular flexibility index (Phi) is 7.52. The van der Waals surface area contributed by atoms with Gasteiger partial charge in [-0.25, -0.2) is 4.79 Å². The number of rotatable bonds is 10. The van der Waals surface area contributed by atoms with Gasteiger partial charge in [-0.2, -0.15) is 5.10 Å². The normalized spacial score (nSPS) is 11.9. The van der Waals surface area contributed by atoms with E-state index < -0.39 is 17.2 Å². The van der Waals surface area contributed by atoms with Gasteiger partial charge in [-0.1, -0.05) is 18.2 Å². The molecule has 0 radical (unpaired) electrons. The minimum Gasteiger partial charge on any atom is -0.382 e. The summed E-state index contributed by atoms with van der Waals surface area (Å²) in [6, 6.07) is 8.41. The van der Waals surface area contributed by atoms with Crippen LogP contribution >= 0.6 is 0 Å². The molecule has 31 heavy (non-hydrogen) atoms. The first kappa shape index (κ1) is 22.2. The van der Waals surface area contributed by atoms with Crippen LogP contribution < -0.4 is 16.6 Å². The number of ether oxygens (including phenoxy) is 2. The number of H-pyrrole nitrogens is 2. The fourth-order valence-electron chi connectivity index (χ4n) is 2.97. The Labute approximate surface area is 178 Å². The Balaban J connectivity index is 1.65. The van der Waals surface area contributed by atoms with Crippen molar-refractivity contribution in [1.82, 2.24) is 25.1 Å². The maximum absolute atomic E-state index is 12.4. The van der Waals surface area contributed by atoms with Crippen LogP contribution in [-0.4, -0.2) is 52.6 Å². The summed E-state index contributed by atoms with van der Waals surface area (Å²) >= 11 is 0. The van der Waals surface area contributed by atoms with Gasteiger partial charge in [-0.15, -0.1) is 0 Å². The minimum atomic E-state index is -0.728. The smallest absolute Gasteiger partial charge is 0.326 e. The Morgan fingerprint density at radius 3 is 2.77 bits per heavy atom. The average molecular weight is 427 g/mol. The molecule has 3 rings (SSSR count). The quantitative estimate of drug-likeness (QED) is 0.415. The predicted molar refractivity (Wildman–Crippen MR) is 114 cm³/mol. The largest absolute Gasteiger partial charge is 0.382 e. The van der Waals surface area contributed by atoms with Crippen molar-refractivity contribution in [3.8, 4) is 11.1 Å². The number of hydrogen-bond donors (Lipinski definition) is 3. The van der Waals surface area contributed by atoms with Gasteiger partial charge >= 0.3 is 5.69 Å². The molecule has 10 heteroatoms. The highest BCUT2D eigenvalue weighted by molar-refractivity contribution is 5.92. The van der Waals surface area contributed by atoms with Gasteiger partial charge in [0, 0.05) is 24.9 Å². The van der Waals surface area contributed by atoms with E-state index in [0.717, 1.165) is 22.8 Å². The Hall–Kier alpha value is -3.50. The van der Waals surface area contributed by atoms with Crippen LogP contribution in [0.4, 0.5) is 0 Å². The lowest BCUT2D eigenvalue weighted by atomic mass is 10.0. The van der Waals surface area contributed by atoms with Crippen molar-refractivity contribution in [1.29, 1.82) is 0 Å². The Morgan fingerprint density at radius 1 is 1.16 bits per heavy atom. The number of nitrogens with zero attached hydrogens (tertiary/aromatic N) is 2. The molecular weight excluding hydrogens is 402 g/mol. The standard InChI is InChI=1S/C21H25N5O5/c1-14(23-20(28)18-11-19(27)25-21(29)24-18)15-4-3-5-16(10-15)17-12-22-26(13-17)6-7-31-9-8-30-2/h3-5,10-14H,6-9H2,1-2H3,(H,23,28)(H2,24,25,27,29). The summed E-state index contributed by atoms with van der Waals surface area (Å²) < 4.78 is 12.2. The Bertz CT molecular complexity index is 1100. The third-order valence-electron chi connectivity index (χ3n) is 4.60. The lowest BCUT2D eigenvalue weighted by molar-refractivity contribution is 0.0654. The van der Waals surface area contributed by atoms with Crippen LogP contribution in [0.2, 0.25) is 0 Å². The summed E-state index contributed by atoms with van der Waals surface area (Å²) in [5.74, 6) is -0.539. The van der Waals surface area contributed by atoms with Gasteiger partial charge in [0.25, 0.3) is 11.5 Å². The number of aromatic nitrogens is 4. The molecule has 0 aliphatic rings. The van der Waals surface area contributed by atoms with Crippen molar-refractivity contribution in [3.05, 3.63) is 74.8 Å². The highest BCUT2D eigenvalue weighted by Crippen LogP contribution is 2.23. The fraction of sp³-hybridized carbons (Fsp3) is 0.333. The molecule has 164 valence electrons. The summed E-state index contributed by atoms with van der Waals surface area (Å²) in [4.78, 5) is 39.5. The third-order valence-corrected chi connectivity index (χ3v) is 4.60. The molecule has 2 heterocycles. The van der Waals surface area contributed by atoms with Gasteiger partial charge < -0.3 is 19.8 Å². The van der Waals surface area contributed by atoms with E-state index in [-0.39, 0.29) is 11.7 Å². The Morgan fingerprint density at radius 2 is 2.00 bits per heavy atom. The molecule has 10 nitrogen and oxygen atoms in total. The first-order chi connectivity index (χ1) is 15.0. The van der Waals surface area contributed by atoms with Crippen LogP contribution in [0.5, 0.6) is 0 Å². The second-order valence-electron chi connectivity index (χ2n) is 6.92. The van der Waals surface area contributed by atoms with Crippen LogP contribution in [0.3, 0.4) is 0 Å². The number of carbonyl (C=O) groups excluding carboxylic acids is 1. The molecule has 0 spiro atoms. The number of carbonyl (C=O) groups is 1. The molecule has 2 aromatic heterocycles. The molecule has 1 atom stereocenters. The molecule has 3 aromatic rings. The van der Waals surface area contributed by atoms with E-state index in [4.69, 9.17) is 9.47 Å². The molecule has 0 aliphatic carbocycles. The van der Waals surface area contributed by atoms with E-state index in [2.05, 4.69) is 15.4 Å². The van der Waals surface area contributed by atoms with Gasteiger partial charge in [0.05, 0.1) is 38.6 Å². The first-order valence-corrected chi connectivity index (χ1v) is 9.80. The first-order valence-electron chi connectivity index (χ1n) is 9.80. The number of amides is 1. The van der Waals surface area contributed by atoms with Gasteiger partial charge in [0.2, 0.25) is 0 Å². The fourth-order valence-corrected chi connectivity index (χ4v) is 2.97. The summed E-state index contributed by atoms with van der Waals surface area (Å²) in [6.07, 6.45) is 3.71. The lowest BCUT2D eigenvalue weighted by Crippen LogP contribution is -2.32. The van der Waals surface area contributed by atoms with Crippen molar-refractivity contribution in [3.63, 3.8) is 0 Å². The van der Waals surface area contributed by atoms with E-state index >= 15 is 0 Å². The molecule has 1 amide bonds. The topological polar surface area (TPSA) is 131 Å². The van der Waals surface area contributed by atoms with Crippen molar-refractivity contribution in [2.45, 2.75) is 19.5 Å². The van der Waals surface area contributed by atoms with Crippen LogP contribution in [0, 0.1) is 0 Å². The second kappa shape index (κ2) is 10.5. The number of hydrogen-bond acceptors (Lipinski definition) is 6. The zero-order chi connectivity index (χ0) is 22.2. The number of benzene rings is 1. The predicted octanol–water partition coefficient (Wildman–Crippen LogP) is 1.08. The maximum Gasteiger partial charge on any atom is 0.326 e. The SMILES string of the molecule is COCCOCCn1cc(-c2cccc(C(C)NC(=O)c3cc(=O)[nH]c(=O)[nH]3)c2)cn1. The van der Waals surface area contributed by atoms with Crippen molar-refractivity contribution < 1.29 is 14.3 Å². The number of methoxy groups -OCH3 is 1. The molecule has 1 aromatic carbocycles. The monoisotopic (exact) mass is 427 g/mol. The number of aromatic amines is 2. The molecule has 0 saturated heterocycles. The molecular formula is C21H25N5O5. The zero-order valence-electron chi connectivity index (χ0n) is 17.4. The van der Waals surface area contributed by atoms with Crippen molar-refractivity contribution in [2.75, 3.05) is 26.9 Å². The van der Waals surface area contributed by atoms with Crippen LogP contribution in [-0.2, 0) is 16.0 Å². The maximum atomic E-state index is 12.4. The minimum absolute atomic E-state index is 0.0919. The van der Waals surface area contributed by atoms with Crippen molar-refractivity contribution in [2.24, 2.45) is 0 Å². The van der Waals surface area contributed by atoms with Crippen LogP contribution in [0.1, 0.15) is 29.0 Å². The van der Waals surface area contributed by atoms with E-state index in [9.17, 15) is 14.4 Å². The van der Waals surface area contributed by atoms with Gasteiger partial charge in [-0.05, 0) is 24.1 Å². The van der Waals surface area contributed by atoms with Crippen LogP contribution in [0.15, 0.2) is 52.3 Å². The van der Waals surface area contributed by atoms with E-state index in [1.165, 1.54) is 0 Å². The van der Waals surface area contributed by atoms with E-state index in [1.807, 2.05) is 47.1 Å². The molecule has 0 saturated carbocycles. The highest BCUT2D eigenvalue weighted by atomic mass is 16.5. The van der Waals surface area contributed by atoms with E-state index in [1.54, 1.807) is 13.3 Å². The summed E-state index contributed by atoms with van der Waals surface area (Å²) in [5, 5.41) is 7.14. The summed E-state index contributed by atoms with van der Waals surface area (Å²) in [7, 11) is 1.63. The summed E-state index contributed by atoms with van der Waals surface area (Å²) in [6.45, 7) is 4.09. The summed E-state index contributed by atoms with van der Waals surface area (Å²) in [5.41, 5.74) is 1.31. The van der Waals surface area contributed by atoms with Gasteiger partial charge in [0.1, 0.15) is 5.69 Å². The lowest BCUT2D eigenvalue weighted by Gasteiger charge is -2.15. The van der Waals surface area contributed by atoms with Gasteiger partial charge in [-0.3, -0.25) is 19.3 Å². The number of nitrogens with one attached hydrogen (secondary N) is 3. The molecule has 1 unspecified atom stereocenters. The average Bonchev–Trinajstić information content (AvgIpc) is 3.22.